The minimum atomic E-state index is -0.143. The van der Waals surface area contributed by atoms with Gasteiger partial charge in [0.05, 0.1) is 12.4 Å². The molecule has 0 spiro atoms. The van der Waals surface area contributed by atoms with Gasteiger partial charge < -0.3 is 20.7 Å². The zero-order valence-electron chi connectivity index (χ0n) is 9.38. The highest BCUT2D eigenvalue weighted by molar-refractivity contribution is 5.78. The van der Waals surface area contributed by atoms with Crippen molar-refractivity contribution in [1.82, 2.24) is 10.2 Å². The molecular formula is C9H20N4O2. The zero-order chi connectivity index (χ0) is 11.7. The molecule has 15 heavy (non-hydrogen) atoms. The maximum Gasteiger partial charge on any atom is 0.317 e. The standard InChI is InChI=1S/C9H20N4O2/c1-3-12-9(14)13(6-7-15-2)5-4-8(10)11/h3-7H2,1-2H3,(H3,10,11)(H,12,14). The van der Waals surface area contributed by atoms with Crippen LogP contribution >= 0.6 is 0 Å². The third-order valence-corrected chi connectivity index (χ3v) is 1.83. The maximum atomic E-state index is 11.5. The lowest BCUT2D eigenvalue weighted by Crippen LogP contribution is -2.42. The van der Waals surface area contributed by atoms with Gasteiger partial charge in [0.2, 0.25) is 0 Å². The second kappa shape index (κ2) is 8.05. The molecule has 0 atom stereocenters. The summed E-state index contributed by atoms with van der Waals surface area (Å²) in [6.45, 7) is 3.88. The Morgan fingerprint density at radius 3 is 2.67 bits per heavy atom. The highest BCUT2D eigenvalue weighted by Crippen LogP contribution is 1.93. The number of hydrogen-bond donors (Lipinski definition) is 3. The van der Waals surface area contributed by atoms with Gasteiger partial charge in [0, 0.05) is 33.2 Å². The fourth-order valence-corrected chi connectivity index (χ4v) is 1.03. The molecule has 88 valence electrons. The average Bonchev–Trinajstić information content (AvgIpc) is 2.17. The van der Waals surface area contributed by atoms with E-state index in [-0.39, 0.29) is 11.9 Å². The van der Waals surface area contributed by atoms with Crippen molar-refractivity contribution in [2.75, 3.05) is 33.4 Å². The molecule has 4 N–H and O–H groups in total. The molecule has 0 radical (unpaired) electrons. The molecule has 0 saturated heterocycles. The fourth-order valence-electron chi connectivity index (χ4n) is 1.03. The summed E-state index contributed by atoms with van der Waals surface area (Å²) in [6, 6.07) is -0.143. The van der Waals surface area contributed by atoms with Crippen molar-refractivity contribution in [3.05, 3.63) is 0 Å². The summed E-state index contributed by atoms with van der Waals surface area (Å²) in [6.07, 6.45) is 0.390. The first-order valence-corrected chi connectivity index (χ1v) is 4.96. The highest BCUT2D eigenvalue weighted by atomic mass is 16.5. The van der Waals surface area contributed by atoms with Crippen molar-refractivity contribution in [2.45, 2.75) is 13.3 Å². The molecule has 0 unspecified atom stereocenters. The van der Waals surface area contributed by atoms with Crippen LogP contribution in [0.1, 0.15) is 13.3 Å². The van der Waals surface area contributed by atoms with Crippen LogP contribution in [0.25, 0.3) is 0 Å². The molecule has 0 saturated carbocycles. The van der Waals surface area contributed by atoms with Crippen LogP contribution in [0.4, 0.5) is 4.79 Å². The number of rotatable bonds is 7. The van der Waals surface area contributed by atoms with Gasteiger partial charge in [0.15, 0.2) is 0 Å². The molecule has 0 aromatic carbocycles. The lowest BCUT2D eigenvalue weighted by Gasteiger charge is -2.22. The Balaban J connectivity index is 4.04. The molecule has 0 aliphatic heterocycles. The number of nitrogens with zero attached hydrogens (tertiary/aromatic N) is 1. The van der Waals surface area contributed by atoms with Gasteiger partial charge in [-0.3, -0.25) is 5.41 Å². The third-order valence-electron chi connectivity index (χ3n) is 1.83. The third kappa shape index (κ3) is 6.73. The molecule has 2 amide bonds. The summed E-state index contributed by atoms with van der Waals surface area (Å²) >= 11 is 0. The van der Waals surface area contributed by atoms with Crippen molar-refractivity contribution in [3.63, 3.8) is 0 Å². The molecule has 0 rings (SSSR count). The number of amidine groups is 1. The number of hydrogen-bond acceptors (Lipinski definition) is 3. The van der Waals surface area contributed by atoms with Crippen molar-refractivity contribution in [2.24, 2.45) is 5.73 Å². The number of carbonyl (C=O) groups excluding carboxylic acids is 1. The monoisotopic (exact) mass is 216 g/mol. The van der Waals surface area contributed by atoms with E-state index in [2.05, 4.69) is 5.32 Å². The predicted octanol–water partition coefficient (Wildman–Crippen LogP) is -0.00963. The van der Waals surface area contributed by atoms with E-state index in [0.29, 0.717) is 32.7 Å². The molecule has 6 heteroatoms. The van der Waals surface area contributed by atoms with Crippen molar-refractivity contribution < 1.29 is 9.53 Å². The van der Waals surface area contributed by atoms with E-state index >= 15 is 0 Å². The molecule has 0 aliphatic rings. The molecule has 0 fully saturated rings. The number of urea groups is 1. The van der Waals surface area contributed by atoms with Crippen LogP contribution in [0.15, 0.2) is 0 Å². The zero-order valence-corrected chi connectivity index (χ0v) is 9.38. The number of nitrogens with two attached hydrogens (primary N) is 1. The van der Waals surface area contributed by atoms with Gasteiger partial charge in [-0.1, -0.05) is 0 Å². The van der Waals surface area contributed by atoms with Crippen molar-refractivity contribution in [1.29, 1.82) is 5.41 Å². The Hall–Kier alpha value is -1.30. The highest BCUT2D eigenvalue weighted by Gasteiger charge is 2.11. The van der Waals surface area contributed by atoms with Gasteiger partial charge in [0.25, 0.3) is 0 Å². The number of carbonyl (C=O) groups is 1. The van der Waals surface area contributed by atoms with Crippen LogP contribution in [0.5, 0.6) is 0 Å². The van der Waals surface area contributed by atoms with E-state index in [1.807, 2.05) is 6.92 Å². The Kier molecular flexibility index (Phi) is 7.35. The molecule has 0 aromatic heterocycles. The van der Waals surface area contributed by atoms with Gasteiger partial charge in [-0.05, 0) is 6.92 Å². The molecule has 6 nitrogen and oxygen atoms in total. The Bertz CT molecular complexity index is 208. The van der Waals surface area contributed by atoms with E-state index in [0.717, 1.165) is 0 Å². The largest absolute Gasteiger partial charge is 0.388 e. The van der Waals surface area contributed by atoms with Crippen LogP contribution in [0.3, 0.4) is 0 Å². The molecule has 0 bridgehead atoms. The lowest BCUT2D eigenvalue weighted by molar-refractivity contribution is 0.150. The van der Waals surface area contributed by atoms with Crippen LogP contribution in [-0.4, -0.2) is 50.1 Å². The van der Waals surface area contributed by atoms with E-state index in [1.165, 1.54) is 0 Å². The lowest BCUT2D eigenvalue weighted by atomic mass is 10.3. The summed E-state index contributed by atoms with van der Waals surface area (Å²) < 4.78 is 4.90. The predicted molar refractivity (Wildman–Crippen MR) is 59.1 cm³/mol. The van der Waals surface area contributed by atoms with Gasteiger partial charge in [0.1, 0.15) is 0 Å². The number of ether oxygens (including phenoxy) is 1. The summed E-state index contributed by atoms with van der Waals surface area (Å²) in [4.78, 5) is 13.1. The minimum Gasteiger partial charge on any atom is -0.388 e. The van der Waals surface area contributed by atoms with E-state index in [4.69, 9.17) is 15.9 Å². The maximum absolute atomic E-state index is 11.5. The summed E-state index contributed by atoms with van der Waals surface area (Å²) in [7, 11) is 1.58. The second-order valence-electron chi connectivity index (χ2n) is 3.09. The van der Waals surface area contributed by atoms with E-state index in [9.17, 15) is 4.79 Å². The molecular weight excluding hydrogens is 196 g/mol. The van der Waals surface area contributed by atoms with Gasteiger partial charge in [-0.25, -0.2) is 4.79 Å². The van der Waals surface area contributed by atoms with Crippen LogP contribution in [-0.2, 0) is 4.74 Å². The summed E-state index contributed by atoms with van der Waals surface area (Å²) in [5, 5.41) is 9.79. The van der Waals surface area contributed by atoms with Crippen molar-refractivity contribution >= 4 is 11.9 Å². The molecule has 0 aliphatic carbocycles. The quantitative estimate of drug-likeness (QED) is 0.413. The first-order valence-electron chi connectivity index (χ1n) is 4.96. The second-order valence-corrected chi connectivity index (χ2v) is 3.09. The Morgan fingerprint density at radius 1 is 1.53 bits per heavy atom. The first kappa shape index (κ1) is 13.7. The average molecular weight is 216 g/mol. The van der Waals surface area contributed by atoms with E-state index < -0.39 is 0 Å². The van der Waals surface area contributed by atoms with Crippen LogP contribution in [0, 0.1) is 5.41 Å². The summed E-state index contributed by atoms with van der Waals surface area (Å²) in [5.41, 5.74) is 5.24. The van der Waals surface area contributed by atoms with E-state index in [1.54, 1.807) is 12.0 Å². The van der Waals surface area contributed by atoms with Gasteiger partial charge in [-0.15, -0.1) is 0 Å². The van der Waals surface area contributed by atoms with Crippen molar-refractivity contribution in [3.8, 4) is 0 Å². The molecule has 0 heterocycles. The SMILES string of the molecule is CCNC(=O)N(CCOC)CCC(=N)N. The van der Waals surface area contributed by atoms with Crippen LogP contribution in [0.2, 0.25) is 0 Å². The molecule has 0 aromatic rings. The number of amides is 2. The summed E-state index contributed by atoms with van der Waals surface area (Å²) in [5.74, 6) is 0.0849. The normalized spacial score (nSPS) is 9.73. The van der Waals surface area contributed by atoms with Crippen LogP contribution < -0.4 is 11.1 Å². The fraction of sp³-hybridized carbons (Fsp3) is 0.778. The topological polar surface area (TPSA) is 91.4 Å². The Labute approximate surface area is 90.3 Å². The van der Waals surface area contributed by atoms with Gasteiger partial charge >= 0.3 is 6.03 Å². The van der Waals surface area contributed by atoms with Gasteiger partial charge in [-0.2, -0.15) is 0 Å². The number of nitrogens with one attached hydrogen (secondary N) is 2. The smallest absolute Gasteiger partial charge is 0.317 e. The minimum absolute atomic E-state index is 0.0849. The Morgan fingerprint density at radius 2 is 2.20 bits per heavy atom. The first-order chi connectivity index (χ1) is 7.11. The number of methoxy groups -OCH3 is 1.